The van der Waals surface area contributed by atoms with E-state index in [1.165, 1.54) is 199 Å². The van der Waals surface area contributed by atoms with E-state index in [1.807, 2.05) is 6.08 Å². The summed E-state index contributed by atoms with van der Waals surface area (Å²) in [5.41, 5.74) is 0. The molecule has 98 heavy (non-hydrogen) atoms. The molecule has 0 bridgehead atoms. The Kier molecular flexibility index (Phi) is 54.4. The van der Waals surface area contributed by atoms with Crippen molar-refractivity contribution in [2.75, 3.05) is 26.4 Å². The van der Waals surface area contributed by atoms with Crippen molar-refractivity contribution in [3.8, 4) is 0 Å². The van der Waals surface area contributed by atoms with Gasteiger partial charge in [0.05, 0.1) is 38.6 Å². The van der Waals surface area contributed by atoms with Crippen LogP contribution in [-0.4, -0.2) is 193 Å². The van der Waals surface area contributed by atoms with E-state index in [1.54, 1.807) is 6.08 Å². The minimum absolute atomic E-state index is 0.230. The Labute approximate surface area is 591 Å². The molecule has 17 atom stereocenters. The topological polar surface area (TPSA) is 307 Å². The lowest BCUT2D eigenvalue weighted by Crippen LogP contribution is -2.66. The van der Waals surface area contributed by atoms with Gasteiger partial charge in [-0.1, -0.05) is 273 Å². The summed E-state index contributed by atoms with van der Waals surface area (Å²) < 4.78 is 34.4. The van der Waals surface area contributed by atoms with Crippen LogP contribution in [-0.2, 0) is 33.2 Å². The smallest absolute Gasteiger partial charge is 0.220 e. The van der Waals surface area contributed by atoms with Gasteiger partial charge in [-0.05, 0) is 83.5 Å². The molecule has 19 nitrogen and oxygen atoms in total. The SMILES string of the molecule is CCCCCCC/C=C\C/C=C\C/C=C\CCCCCCCCCCCCCCCCCCC(=O)NC(COC1OC(CO)C(OC2OC(CO)C(OC3OC(CO)C(O)C(O)C3O)C(O)C2O)C(O)C1O)C(O)/C=C/CC/C=C/CC/C=C/CCCCCCCCCCCCCC. The molecule has 3 fully saturated rings. The molecule has 17 unspecified atom stereocenters. The molecule has 570 valence electrons. The maximum absolute atomic E-state index is 13.5. The molecule has 12 N–H and O–H groups in total. The molecule has 0 radical (unpaired) electrons. The van der Waals surface area contributed by atoms with Gasteiger partial charge in [0.2, 0.25) is 5.91 Å². The number of aliphatic hydroxyl groups is 11. The zero-order chi connectivity index (χ0) is 71.1. The van der Waals surface area contributed by atoms with Crippen LogP contribution < -0.4 is 5.32 Å². The molecule has 3 heterocycles. The highest BCUT2D eigenvalue weighted by atomic mass is 16.8. The van der Waals surface area contributed by atoms with Gasteiger partial charge in [0.15, 0.2) is 18.9 Å². The van der Waals surface area contributed by atoms with Crippen molar-refractivity contribution in [3.63, 3.8) is 0 Å². The van der Waals surface area contributed by atoms with Crippen LogP contribution in [0.4, 0.5) is 0 Å². The average Bonchev–Trinajstić information content (AvgIpc) is 0.785. The van der Waals surface area contributed by atoms with Gasteiger partial charge in [-0.2, -0.15) is 0 Å². The molecular formula is C79H141NO18. The predicted octanol–water partition coefficient (Wildman–Crippen LogP) is 12.4. The Balaban J connectivity index is 1.39. The first-order valence-corrected chi connectivity index (χ1v) is 39.2. The second-order valence-corrected chi connectivity index (χ2v) is 27.8. The monoisotopic (exact) mass is 1390 g/mol. The molecule has 0 aromatic rings. The molecule has 3 rings (SSSR count). The number of hydrogen-bond acceptors (Lipinski definition) is 18. The minimum Gasteiger partial charge on any atom is -0.394 e. The standard InChI is InChI=1S/C79H141NO18/c1-3-5-7-9-11-13-15-17-19-21-23-25-27-28-29-30-31-32-33-34-35-37-39-41-43-45-47-49-51-53-55-57-67(85)80-62(63(84)56-54-52-50-48-46-44-42-40-38-36-26-24-22-20-18-16-14-12-10-8-6-4-2)61-93-77-73(91)70(88)75(65(59-82)95-77)98-79-74(92)71(89)76(66(60-83)96-79)97-78-72(90)69(87)68(86)64(58-81)94-78/h15,17,21,23,27-28,38,40,46,48,54,56,62-66,68-79,81-84,86-92H,3-14,16,18-20,22,24-26,29-37,39,41-45,47,49-53,55,57-61H2,1-2H3,(H,80,85)/b17-15-,23-21-,28-27-,40-38+,48-46+,56-54+. The fraction of sp³-hybridized carbons (Fsp3) is 0.835. The summed E-state index contributed by atoms with van der Waals surface area (Å²) in [6.07, 6.45) is 50.3. The summed E-state index contributed by atoms with van der Waals surface area (Å²) in [4.78, 5) is 13.5. The van der Waals surface area contributed by atoms with E-state index in [-0.39, 0.29) is 18.9 Å². The van der Waals surface area contributed by atoms with Crippen LogP contribution in [0.15, 0.2) is 72.9 Å². The molecule has 3 aliphatic rings. The molecule has 0 aromatic heterocycles. The third kappa shape index (κ3) is 39.8. The first kappa shape index (κ1) is 89.4. The number of amides is 1. The van der Waals surface area contributed by atoms with E-state index in [0.717, 1.165) is 57.8 Å². The van der Waals surface area contributed by atoms with Gasteiger partial charge in [-0.3, -0.25) is 4.79 Å². The maximum atomic E-state index is 13.5. The fourth-order valence-corrected chi connectivity index (χ4v) is 12.9. The Morgan fingerprint density at radius 1 is 0.367 bits per heavy atom. The highest BCUT2D eigenvalue weighted by Crippen LogP contribution is 2.33. The third-order valence-electron chi connectivity index (χ3n) is 19.2. The Morgan fingerprint density at radius 3 is 1.09 bits per heavy atom. The van der Waals surface area contributed by atoms with Crippen molar-refractivity contribution in [3.05, 3.63) is 72.9 Å². The minimum atomic E-state index is -1.99. The fourth-order valence-electron chi connectivity index (χ4n) is 12.9. The summed E-state index contributed by atoms with van der Waals surface area (Å²) in [7, 11) is 0. The van der Waals surface area contributed by atoms with E-state index in [4.69, 9.17) is 28.4 Å². The maximum Gasteiger partial charge on any atom is 0.220 e. The lowest BCUT2D eigenvalue weighted by Gasteiger charge is -2.48. The Morgan fingerprint density at radius 2 is 0.684 bits per heavy atom. The van der Waals surface area contributed by atoms with Crippen molar-refractivity contribution in [1.82, 2.24) is 5.32 Å². The number of unbranched alkanes of at least 4 members (excludes halogenated alkanes) is 35. The molecular weight excluding hydrogens is 1250 g/mol. The summed E-state index contributed by atoms with van der Waals surface area (Å²) >= 11 is 0. The molecule has 3 saturated heterocycles. The largest absolute Gasteiger partial charge is 0.394 e. The normalized spacial score (nSPS) is 27.1. The number of nitrogens with one attached hydrogen (secondary N) is 1. The molecule has 0 saturated carbocycles. The van der Waals surface area contributed by atoms with Crippen LogP contribution in [0.25, 0.3) is 0 Å². The lowest BCUT2D eigenvalue weighted by molar-refractivity contribution is -0.379. The van der Waals surface area contributed by atoms with Crippen LogP contribution in [0, 0.1) is 0 Å². The number of rotatable bonds is 61. The van der Waals surface area contributed by atoms with Gasteiger partial charge in [0, 0.05) is 6.42 Å². The van der Waals surface area contributed by atoms with Crippen LogP contribution in [0.1, 0.15) is 290 Å². The van der Waals surface area contributed by atoms with Crippen LogP contribution in [0.3, 0.4) is 0 Å². The number of ether oxygens (including phenoxy) is 6. The van der Waals surface area contributed by atoms with Crippen LogP contribution >= 0.6 is 0 Å². The highest BCUT2D eigenvalue weighted by Gasteiger charge is 2.53. The second-order valence-electron chi connectivity index (χ2n) is 27.8. The van der Waals surface area contributed by atoms with Gasteiger partial charge in [-0.25, -0.2) is 0 Å². The zero-order valence-electron chi connectivity index (χ0n) is 60.8. The summed E-state index contributed by atoms with van der Waals surface area (Å²) in [6, 6.07) is -1.00. The molecule has 0 aliphatic carbocycles. The third-order valence-corrected chi connectivity index (χ3v) is 19.2. The average molecular weight is 1390 g/mol. The van der Waals surface area contributed by atoms with E-state index in [0.29, 0.717) is 12.8 Å². The second kappa shape index (κ2) is 59.6. The van der Waals surface area contributed by atoms with Gasteiger partial charge in [0.1, 0.15) is 73.2 Å². The first-order chi connectivity index (χ1) is 47.8. The van der Waals surface area contributed by atoms with Crippen LogP contribution in [0.2, 0.25) is 0 Å². The van der Waals surface area contributed by atoms with E-state index >= 15 is 0 Å². The summed E-state index contributed by atoms with van der Waals surface area (Å²) in [6.45, 7) is 1.72. The molecule has 3 aliphatic heterocycles. The van der Waals surface area contributed by atoms with E-state index in [9.17, 15) is 61.0 Å². The van der Waals surface area contributed by atoms with Crippen molar-refractivity contribution in [1.29, 1.82) is 0 Å². The Hall–Kier alpha value is -2.77. The van der Waals surface area contributed by atoms with Gasteiger partial charge in [-0.15, -0.1) is 0 Å². The Bertz CT molecular complexity index is 2050. The number of carbonyl (C=O) groups is 1. The number of hydrogen-bond donors (Lipinski definition) is 12. The van der Waals surface area contributed by atoms with Gasteiger partial charge < -0.3 is 89.9 Å². The molecule has 1 amide bonds. The van der Waals surface area contributed by atoms with Crippen molar-refractivity contribution < 1.29 is 89.4 Å². The van der Waals surface area contributed by atoms with Crippen LogP contribution in [0.5, 0.6) is 0 Å². The highest BCUT2D eigenvalue weighted by molar-refractivity contribution is 5.76. The number of carbonyl (C=O) groups excluding carboxylic acids is 1. The summed E-state index contributed by atoms with van der Waals surface area (Å²) in [5, 5.41) is 121. The quantitative estimate of drug-likeness (QED) is 0.0199. The van der Waals surface area contributed by atoms with Crippen molar-refractivity contribution >= 4 is 5.91 Å². The molecule has 0 spiro atoms. The van der Waals surface area contributed by atoms with Gasteiger partial charge in [0.25, 0.3) is 0 Å². The van der Waals surface area contributed by atoms with E-state index in [2.05, 4.69) is 79.9 Å². The van der Waals surface area contributed by atoms with Crippen molar-refractivity contribution in [2.45, 2.75) is 394 Å². The number of allylic oxidation sites excluding steroid dienone is 11. The van der Waals surface area contributed by atoms with E-state index < -0.39 is 124 Å². The van der Waals surface area contributed by atoms with Crippen molar-refractivity contribution in [2.24, 2.45) is 0 Å². The number of aliphatic hydroxyl groups excluding tert-OH is 11. The first-order valence-electron chi connectivity index (χ1n) is 39.2. The summed E-state index contributed by atoms with van der Waals surface area (Å²) in [5.74, 6) is -0.288. The molecule has 0 aromatic carbocycles. The lowest BCUT2D eigenvalue weighted by atomic mass is 9.96. The zero-order valence-corrected chi connectivity index (χ0v) is 60.8. The predicted molar refractivity (Wildman–Crippen MR) is 388 cm³/mol. The van der Waals surface area contributed by atoms with Gasteiger partial charge >= 0.3 is 0 Å². The molecule has 19 heteroatoms.